The van der Waals surface area contributed by atoms with Gasteiger partial charge in [-0.15, -0.1) is 10.2 Å². The number of carbonyl (C=O) groups excluding carboxylic acids is 1. The summed E-state index contributed by atoms with van der Waals surface area (Å²) in [4.78, 5) is 12.1. The molecule has 0 fully saturated rings. The molecule has 2 aromatic rings. The number of carbonyl (C=O) groups is 1. The number of benzene rings is 1. The quantitative estimate of drug-likeness (QED) is 0.883. The maximum atomic E-state index is 12.1. The maximum absolute atomic E-state index is 12.1. The van der Waals surface area contributed by atoms with E-state index in [4.69, 9.17) is 0 Å². The van der Waals surface area contributed by atoms with Gasteiger partial charge in [0.2, 0.25) is 5.91 Å². The van der Waals surface area contributed by atoms with Gasteiger partial charge in [0.05, 0.1) is 5.54 Å². The van der Waals surface area contributed by atoms with Crippen molar-refractivity contribution in [3.8, 4) is 11.4 Å². The molecule has 6 heteroatoms. The summed E-state index contributed by atoms with van der Waals surface area (Å²) in [6, 6.07) is 7.55. The number of nitrogens with zero attached hydrogens (tertiary/aromatic N) is 3. The van der Waals surface area contributed by atoms with Gasteiger partial charge in [0.25, 0.3) is 0 Å². The fourth-order valence-corrected chi connectivity index (χ4v) is 1.68. The van der Waals surface area contributed by atoms with E-state index in [1.54, 1.807) is 13.4 Å². The number of aromatic nitrogens is 3. The number of hydrogen-bond acceptors (Lipinski definition) is 4. The molecule has 0 aliphatic rings. The number of amides is 1. The Labute approximate surface area is 118 Å². The van der Waals surface area contributed by atoms with E-state index < -0.39 is 5.54 Å². The monoisotopic (exact) mass is 273 g/mol. The highest BCUT2D eigenvalue weighted by Gasteiger charge is 2.25. The predicted molar refractivity (Wildman–Crippen MR) is 78.2 cm³/mol. The molecule has 0 bridgehead atoms. The van der Waals surface area contributed by atoms with Crippen molar-refractivity contribution in [2.75, 3.05) is 12.4 Å². The van der Waals surface area contributed by atoms with E-state index in [0.29, 0.717) is 0 Å². The summed E-state index contributed by atoms with van der Waals surface area (Å²) >= 11 is 0. The van der Waals surface area contributed by atoms with Crippen LogP contribution < -0.4 is 10.6 Å². The minimum absolute atomic E-state index is 0.0879. The summed E-state index contributed by atoms with van der Waals surface area (Å²) in [5, 5.41) is 13.8. The lowest BCUT2D eigenvalue weighted by Gasteiger charge is -2.22. The van der Waals surface area contributed by atoms with Gasteiger partial charge in [-0.3, -0.25) is 4.79 Å². The molecule has 0 unspecified atom stereocenters. The highest BCUT2D eigenvalue weighted by molar-refractivity contribution is 5.97. The van der Waals surface area contributed by atoms with Gasteiger partial charge in [0.15, 0.2) is 5.82 Å². The van der Waals surface area contributed by atoms with Crippen LogP contribution in [0.2, 0.25) is 0 Å². The van der Waals surface area contributed by atoms with Crippen LogP contribution in [0.4, 0.5) is 5.69 Å². The van der Waals surface area contributed by atoms with Crippen molar-refractivity contribution in [1.82, 2.24) is 20.1 Å². The first-order valence-corrected chi connectivity index (χ1v) is 6.39. The summed E-state index contributed by atoms with van der Waals surface area (Å²) in [6.45, 7) is 3.66. The molecule has 106 valence electrons. The Balaban J connectivity index is 2.23. The zero-order valence-electron chi connectivity index (χ0n) is 12.1. The predicted octanol–water partition coefficient (Wildman–Crippen LogP) is 1.42. The van der Waals surface area contributed by atoms with E-state index in [-0.39, 0.29) is 5.91 Å². The Morgan fingerprint density at radius 2 is 2.10 bits per heavy atom. The Kier molecular flexibility index (Phi) is 3.85. The number of rotatable bonds is 4. The first-order chi connectivity index (χ1) is 9.44. The van der Waals surface area contributed by atoms with Crippen LogP contribution in [-0.4, -0.2) is 33.3 Å². The molecule has 0 saturated heterocycles. The second kappa shape index (κ2) is 5.42. The lowest BCUT2D eigenvalue weighted by molar-refractivity contribution is -0.121. The smallest absolute Gasteiger partial charge is 0.244 e. The number of anilines is 1. The van der Waals surface area contributed by atoms with Crippen LogP contribution in [0.15, 0.2) is 30.6 Å². The van der Waals surface area contributed by atoms with Gasteiger partial charge in [0, 0.05) is 18.3 Å². The van der Waals surface area contributed by atoms with Crippen molar-refractivity contribution in [2.24, 2.45) is 7.05 Å². The van der Waals surface area contributed by atoms with Crippen molar-refractivity contribution >= 4 is 11.6 Å². The van der Waals surface area contributed by atoms with Gasteiger partial charge in [0.1, 0.15) is 6.33 Å². The average molecular weight is 273 g/mol. The Morgan fingerprint density at radius 1 is 1.35 bits per heavy atom. The fourth-order valence-electron chi connectivity index (χ4n) is 1.68. The van der Waals surface area contributed by atoms with E-state index >= 15 is 0 Å². The first kappa shape index (κ1) is 14.2. The van der Waals surface area contributed by atoms with Crippen molar-refractivity contribution in [3.63, 3.8) is 0 Å². The van der Waals surface area contributed by atoms with Crippen molar-refractivity contribution < 1.29 is 4.79 Å². The highest BCUT2D eigenvalue weighted by Crippen LogP contribution is 2.20. The fraction of sp³-hybridized carbons (Fsp3) is 0.357. The molecular weight excluding hydrogens is 254 g/mol. The molecule has 0 aliphatic carbocycles. The molecule has 0 aliphatic heterocycles. The summed E-state index contributed by atoms with van der Waals surface area (Å²) in [5.74, 6) is 0.670. The van der Waals surface area contributed by atoms with Gasteiger partial charge in [-0.25, -0.2) is 0 Å². The number of aryl methyl sites for hydroxylation is 1. The molecule has 0 radical (unpaired) electrons. The van der Waals surface area contributed by atoms with E-state index in [2.05, 4.69) is 20.8 Å². The summed E-state index contributed by atoms with van der Waals surface area (Å²) in [5.41, 5.74) is 1.02. The van der Waals surface area contributed by atoms with Crippen LogP contribution in [0.25, 0.3) is 11.4 Å². The van der Waals surface area contributed by atoms with Gasteiger partial charge in [-0.1, -0.05) is 12.1 Å². The van der Waals surface area contributed by atoms with Crippen molar-refractivity contribution in [3.05, 3.63) is 30.6 Å². The third-order valence-corrected chi connectivity index (χ3v) is 3.28. The number of likely N-dealkylation sites (N-methyl/N-ethyl adjacent to an activating group) is 1. The van der Waals surface area contributed by atoms with E-state index in [0.717, 1.165) is 17.1 Å². The lowest BCUT2D eigenvalue weighted by Crippen LogP contribution is -2.47. The van der Waals surface area contributed by atoms with Gasteiger partial charge >= 0.3 is 0 Å². The Bertz CT molecular complexity index is 618. The topological polar surface area (TPSA) is 71.8 Å². The van der Waals surface area contributed by atoms with E-state index in [1.165, 1.54) is 0 Å². The van der Waals surface area contributed by atoms with Crippen LogP contribution >= 0.6 is 0 Å². The zero-order valence-corrected chi connectivity index (χ0v) is 12.1. The highest BCUT2D eigenvalue weighted by atomic mass is 16.2. The van der Waals surface area contributed by atoms with Crippen molar-refractivity contribution in [1.29, 1.82) is 0 Å². The van der Waals surface area contributed by atoms with Crippen LogP contribution in [0.1, 0.15) is 13.8 Å². The Morgan fingerprint density at radius 3 is 2.70 bits per heavy atom. The molecule has 1 aromatic heterocycles. The molecule has 2 N–H and O–H groups in total. The van der Waals surface area contributed by atoms with E-state index in [9.17, 15) is 4.79 Å². The van der Waals surface area contributed by atoms with Crippen LogP contribution in [0.3, 0.4) is 0 Å². The second-order valence-corrected chi connectivity index (χ2v) is 5.18. The largest absolute Gasteiger partial charge is 0.324 e. The molecule has 0 spiro atoms. The Hall–Kier alpha value is -2.21. The SMILES string of the molecule is CNC(C)(C)C(=O)Nc1cccc(-c2nncn2C)c1. The molecule has 20 heavy (non-hydrogen) atoms. The molecular formula is C14H19N5O. The third kappa shape index (κ3) is 2.85. The molecule has 2 rings (SSSR count). The molecule has 0 saturated carbocycles. The minimum atomic E-state index is -0.624. The molecule has 0 atom stereocenters. The third-order valence-electron chi connectivity index (χ3n) is 3.28. The first-order valence-electron chi connectivity index (χ1n) is 6.39. The van der Waals surface area contributed by atoms with Gasteiger partial charge < -0.3 is 15.2 Å². The summed E-state index contributed by atoms with van der Waals surface area (Å²) in [7, 11) is 3.64. The maximum Gasteiger partial charge on any atom is 0.244 e. The normalized spacial score (nSPS) is 11.4. The van der Waals surface area contributed by atoms with Gasteiger partial charge in [-0.05, 0) is 33.0 Å². The van der Waals surface area contributed by atoms with Crippen LogP contribution in [0, 0.1) is 0 Å². The lowest BCUT2D eigenvalue weighted by atomic mass is 10.0. The number of nitrogens with one attached hydrogen (secondary N) is 2. The molecule has 1 aromatic carbocycles. The average Bonchev–Trinajstić information content (AvgIpc) is 2.85. The van der Waals surface area contributed by atoms with Crippen LogP contribution in [0.5, 0.6) is 0 Å². The minimum Gasteiger partial charge on any atom is -0.324 e. The summed E-state index contributed by atoms with van der Waals surface area (Å²) < 4.78 is 1.83. The number of hydrogen-bond donors (Lipinski definition) is 2. The molecule has 1 amide bonds. The molecule has 6 nitrogen and oxygen atoms in total. The van der Waals surface area contributed by atoms with E-state index in [1.807, 2.05) is 49.7 Å². The molecule has 1 heterocycles. The zero-order chi connectivity index (χ0) is 14.8. The standard InChI is InChI=1S/C14H19N5O/c1-14(2,15-3)13(20)17-11-7-5-6-10(8-11)12-18-16-9-19(12)4/h5-9,15H,1-4H3,(H,17,20). The second-order valence-electron chi connectivity index (χ2n) is 5.18. The summed E-state index contributed by atoms with van der Waals surface area (Å²) in [6.07, 6.45) is 1.64. The van der Waals surface area contributed by atoms with Crippen LogP contribution in [-0.2, 0) is 11.8 Å². The van der Waals surface area contributed by atoms with Gasteiger partial charge in [-0.2, -0.15) is 0 Å². The van der Waals surface area contributed by atoms with Crippen molar-refractivity contribution in [2.45, 2.75) is 19.4 Å².